The van der Waals surface area contributed by atoms with Gasteiger partial charge in [-0.2, -0.15) is 0 Å². The van der Waals surface area contributed by atoms with Crippen LogP contribution in [0.25, 0.3) is 0 Å². The standard InChI is InChI=1S/C10H18N4O2S/c1-10(2,3)16-9(15)14(5)7-11-12-8(17-6)13(7)4/h1-6H3. The Kier molecular flexibility index (Phi) is 4.03. The number of amides is 1. The molecule has 1 amide bonds. The van der Waals surface area contributed by atoms with E-state index in [-0.39, 0.29) is 0 Å². The van der Waals surface area contributed by atoms with E-state index in [0.29, 0.717) is 5.95 Å². The van der Waals surface area contributed by atoms with E-state index in [0.717, 1.165) is 5.16 Å². The minimum atomic E-state index is -0.522. The zero-order chi connectivity index (χ0) is 13.2. The number of hydrogen-bond acceptors (Lipinski definition) is 5. The topological polar surface area (TPSA) is 60.3 Å². The van der Waals surface area contributed by atoms with Gasteiger partial charge in [0.15, 0.2) is 5.16 Å². The molecule has 1 heterocycles. The Labute approximate surface area is 105 Å². The molecule has 7 heteroatoms. The summed E-state index contributed by atoms with van der Waals surface area (Å²) in [6.45, 7) is 5.47. The first-order valence-electron chi connectivity index (χ1n) is 5.16. The fourth-order valence-corrected chi connectivity index (χ4v) is 1.67. The van der Waals surface area contributed by atoms with Gasteiger partial charge >= 0.3 is 6.09 Å². The Morgan fingerprint density at radius 3 is 2.41 bits per heavy atom. The Morgan fingerprint density at radius 2 is 2.00 bits per heavy atom. The zero-order valence-corrected chi connectivity index (χ0v) is 11.8. The van der Waals surface area contributed by atoms with Crippen molar-refractivity contribution in [2.24, 2.45) is 7.05 Å². The van der Waals surface area contributed by atoms with E-state index < -0.39 is 11.7 Å². The van der Waals surface area contributed by atoms with Crippen molar-refractivity contribution in [1.29, 1.82) is 0 Å². The van der Waals surface area contributed by atoms with E-state index in [1.165, 1.54) is 16.7 Å². The van der Waals surface area contributed by atoms with Gasteiger partial charge in [0.1, 0.15) is 5.60 Å². The summed E-state index contributed by atoms with van der Waals surface area (Å²) in [6, 6.07) is 0. The summed E-state index contributed by atoms with van der Waals surface area (Å²) in [6.07, 6.45) is 1.46. The van der Waals surface area contributed by atoms with Gasteiger partial charge in [-0.05, 0) is 27.0 Å². The lowest BCUT2D eigenvalue weighted by atomic mass is 10.2. The van der Waals surface area contributed by atoms with Crippen LogP contribution in [0, 0.1) is 0 Å². The van der Waals surface area contributed by atoms with E-state index >= 15 is 0 Å². The Morgan fingerprint density at radius 1 is 1.41 bits per heavy atom. The Bertz CT molecular complexity index is 411. The first-order valence-corrected chi connectivity index (χ1v) is 6.39. The van der Waals surface area contributed by atoms with Crippen LogP contribution in [0.5, 0.6) is 0 Å². The first kappa shape index (κ1) is 13.8. The number of carbonyl (C=O) groups is 1. The molecule has 6 nitrogen and oxygen atoms in total. The van der Waals surface area contributed by atoms with Crippen molar-refractivity contribution in [2.45, 2.75) is 31.5 Å². The SMILES string of the molecule is CSc1nnc(N(C)C(=O)OC(C)(C)C)n1C. The molecule has 0 atom stereocenters. The van der Waals surface area contributed by atoms with E-state index in [4.69, 9.17) is 4.74 Å². The third-order valence-electron chi connectivity index (χ3n) is 1.96. The van der Waals surface area contributed by atoms with Crippen molar-refractivity contribution in [1.82, 2.24) is 14.8 Å². The summed E-state index contributed by atoms with van der Waals surface area (Å²) in [5, 5.41) is 8.66. The minimum Gasteiger partial charge on any atom is -0.443 e. The molecule has 0 bridgehead atoms. The van der Waals surface area contributed by atoms with Crippen LogP contribution >= 0.6 is 11.8 Å². The second-order valence-corrected chi connectivity index (χ2v) is 5.36. The zero-order valence-electron chi connectivity index (χ0n) is 11.0. The molecule has 0 saturated carbocycles. The van der Waals surface area contributed by atoms with E-state index in [2.05, 4.69) is 10.2 Å². The highest BCUT2D eigenvalue weighted by Crippen LogP contribution is 2.19. The number of ether oxygens (including phenoxy) is 1. The molecule has 0 radical (unpaired) electrons. The summed E-state index contributed by atoms with van der Waals surface area (Å²) < 4.78 is 7.00. The van der Waals surface area contributed by atoms with Crippen molar-refractivity contribution in [3.63, 3.8) is 0 Å². The van der Waals surface area contributed by atoms with Gasteiger partial charge in [0.2, 0.25) is 5.95 Å². The molecule has 1 aromatic rings. The normalized spacial score (nSPS) is 11.4. The molecule has 17 heavy (non-hydrogen) atoms. The molecule has 96 valence electrons. The molecular formula is C10H18N4O2S. The van der Waals surface area contributed by atoms with E-state index in [1.54, 1.807) is 11.6 Å². The van der Waals surface area contributed by atoms with Gasteiger partial charge in [-0.25, -0.2) is 9.69 Å². The highest BCUT2D eigenvalue weighted by molar-refractivity contribution is 7.98. The third-order valence-corrected chi connectivity index (χ3v) is 2.68. The molecule has 1 aromatic heterocycles. The molecule has 0 aliphatic rings. The molecular weight excluding hydrogens is 240 g/mol. The maximum atomic E-state index is 11.8. The van der Waals surface area contributed by atoms with Gasteiger partial charge < -0.3 is 4.74 Å². The number of hydrogen-bond donors (Lipinski definition) is 0. The lowest BCUT2D eigenvalue weighted by Gasteiger charge is -2.23. The van der Waals surface area contributed by atoms with Crippen molar-refractivity contribution < 1.29 is 9.53 Å². The van der Waals surface area contributed by atoms with Gasteiger partial charge in [-0.3, -0.25) is 4.57 Å². The van der Waals surface area contributed by atoms with Gasteiger partial charge in [-0.1, -0.05) is 11.8 Å². The van der Waals surface area contributed by atoms with Crippen molar-refractivity contribution >= 4 is 23.8 Å². The summed E-state index contributed by atoms with van der Waals surface area (Å²) in [5.41, 5.74) is -0.522. The van der Waals surface area contributed by atoms with Crippen LogP contribution in [-0.2, 0) is 11.8 Å². The van der Waals surface area contributed by atoms with Crippen LogP contribution < -0.4 is 4.90 Å². The fraction of sp³-hybridized carbons (Fsp3) is 0.700. The van der Waals surface area contributed by atoms with E-state index in [1.807, 2.05) is 34.1 Å². The van der Waals surface area contributed by atoms with Gasteiger partial charge in [0, 0.05) is 14.1 Å². The van der Waals surface area contributed by atoms with Gasteiger partial charge in [0.25, 0.3) is 0 Å². The lowest BCUT2D eigenvalue weighted by molar-refractivity contribution is 0.0586. The molecule has 1 rings (SSSR count). The van der Waals surface area contributed by atoms with Crippen LogP contribution in [-0.4, -0.2) is 39.8 Å². The summed E-state index contributed by atoms with van der Waals surface area (Å²) in [5.74, 6) is 0.462. The van der Waals surface area contributed by atoms with Crippen LogP contribution in [0.15, 0.2) is 5.16 Å². The molecule has 0 saturated heterocycles. The maximum absolute atomic E-state index is 11.8. The number of anilines is 1. The molecule has 0 aliphatic carbocycles. The fourth-order valence-electron chi connectivity index (χ4n) is 1.19. The predicted octanol–water partition coefficient (Wildman–Crippen LogP) is 1.91. The van der Waals surface area contributed by atoms with Crippen LogP contribution in [0.3, 0.4) is 0 Å². The quantitative estimate of drug-likeness (QED) is 0.758. The van der Waals surface area contributed by atoms with Gasteiger partial charge in [0.05, 0.1) is 0 Å². The molecule has 0 aliphatic heterocycles. The Balaban J connectivity index is 2.85. The number of aromatic nitrogens is 3. The smallest absolute Gasteiger partial charge is 0.416 e. The second kappa shape index (κ2) is 4.95. The number of nitrogens with zero attached hydrogens (tertiary/aromatic N) is 4. The highest BCUT2D eigenvalue weighted by atomic mass is 32.2. The van der Waals surface area contributed by atoms with E-state index in [9.17, 15) is 4.79 Å². The first-order chi connectivity index (χ1) is 7.76. The maximum Gasteiger partial charge on any atom is 0.416 e. The predicted molar refractivity (Wildman–Crippen MR) is 67.4 cm³/mol. The number of rotatable bonds is 2. The minimum absolute atomic E-state index is 0.444. The van der Waals surface area contributed by atoms with Crippen LogP contribution in [0.2, 0.25) is 0 Å². The molecule has 0 N–H and O–H groups in total. The van der Waals surface area contributed by atoms with Crippen LogP contribution in [0.1, 0.15) is 20.8 Å². The summed E-state index contributed by atoms with van der Waals surface area (Å²) in [7, 11) is 3.42. The average molecular weight is 258 g/mol. The van der Waals surface area contributed by atoms with Crippen molar-refractivity contribution in [3.05, 3.63) is 0 Å². The van der Waals surface area contributed by atoms with Crippen molar-refractivity contribution in [3.8, 4) is 0 Å². The molecule has 0 unspecified atom stereocenters. The Hall–Kier alpha value is -1.24. The summed E-state index contributed by atoms with van der Waals surface area (Å²) in [4.78, 5) is 13.2. The number of thioether (sulfide) groups is 1. The largest absolute Gasteiger partial charge is 0.443 e. The average Bonchev–Trinajstić information content (AvgIpc) is 2.55. The van der Waals surface area contributed by atoms with Crippen molar-refractivity contribution in [2.75, 3.05) is 18.2 Å². The second-order valence-electron chi connectivity index (χ2n) is 4.59. The molecule has 0 spiro atoms. The monoisotopic (exact) mass is 258 g/mol. The lowest BCUT2D eigenvalue weighted by Crippen LogP contribution is -2.35. The molecule has 0 fully saturated rings. The summed E-state index contributed by atoms with van der Waals surface area (Å²) >= 11 is 1.47. The number of carbonyl (C=O) groups excluding carboxylic acids is 1. The third kappa shape index (κ3) is 3.36. The van der Waals surface area contributed by atoms with Gasteiger partial charge in [-0.15, -0.1) is 10.2 Å². The highest BCUT2D eigenvalue weighted by Gasteiger charge is 2.24. The molecule has 0 aromatic carbocycles. The van der Waals surface area contributed by atoms with Crippen LogP contribution in [0.4, 0.5) is 10.7 Å².